The quantitative estimate of drug-likeness (QED) is 0.613. The molecule has 0 spiro atoms. The molecule has 8 nitrogen and oxygen atoms in total. The monoisotopic (exact) mass is 400 g/mol. The Kier molecular flexibility index (Phi) is 7.13. The maximum absolute atomic E-state index is 11.3. The summed E-state index contributed by atoms with van der Waals surface area (Å²) < 4.78 is 16.7. The first-order chi connectivity index (χ1) is 14.1. The van der Waals surface area contributed by atoms with Crippen LogP contribution in [0.2, 0.25) is 0 Å². The van der Waals surface area contributed by atoms with E-state index in [4.69, 9.17) is 19.9 Å². The number of methoxy groups -OCH3 is 1. The highest BCUT2D eigenvalue weighted by atomic mass is 16.5. The third kappa shape index (κ3) is 5.74. The number of nitrogens with one attached hydrogen (secondary N) is 1. The van der Waals surface area contributed by atoms with Gasteiger partial charge in [0.15, 0.2) is 11.5 Å². The first-order valence-electron chi connectivity index (χ1n) is 9.68. The van der Waals surface area contributed by atoms with Gasteiger partial charge in [0.25, 0.3) is 5.91 Å². The smallest absolute Gasteiger partial charge is 0.264 e. The van der Waals surface area contributed by atoms with Crippen LogP contribution in [0.1, 0.15) is 18.4 Å². The Morgan fingerprint density at radius 1 is 1.41 bits per heavy atom. The van der Waals surface area contributed by atoms with Crippen LogP contribution >= 0.6 is 0 Å². The molecule has 0 fully saturated rings. The molecular formula is C21H28N4O4. The number of carbonyl (C=O) groups excluding carboxylic acids is 1. The van der Waals surface area contributed by atoms with Crippen LogP contribution in [0.5, 0.6) is 11.5 Å². The van der Waals surface area contributed by atoms with Crippen molar-refractivity contribution in [3.05, 3.63) is 48.2 Å². The van der Waals surface area contributed by atoms with E-state index in [-0.39, 0.29) is 0 Å². The summed E-state index contributed by atoms with van der Waals surface area (Å²) in [5, 5.41) is 3.47. The van der Waals surface area contributed by atoms with E-state index < -0.39 is 5.91 Å². The maximum Gasteiger partial charge on any atom is 0.264 e. The fraction of sp³-hybridized carbons (Fsp3) is 0.429. The van der Waals surface area contributed by atoms with E-state index in [0.29, 0.717) is 35.6 Å². The molecule has 0 aromatic heterocycles. The largest absolute Gasteiger partial charge is 0.501 e. The van der Waals surface area contributed by atoms with Gasteiger partial charge in [-0.1, -0.05) is 6.07 Å². The fourth-order valence-electron chi connectivity index (χ4n) is 3.15. The number of aliphatic imine (C=N–C) groups is 1. The lowest BCUT2D eigenvalue weighted by Crippen LogP contribution is -2.37. The van der Waals surface area contributed by atoms with Gasteiger partial charge in [-0.2, -0.15) is 0 Å². The average molecular weight is 400 g/mol. The lowest BCUT2D eigenvalue weighted by molar-refractivity contribution is -0.112. The van der Waals surface area contributed by atoms with Gasteiger partial charge >= 0.3 is 0 Å². The Hall–Kier alpha value is -3.00. The number of ether oxygens (including phenoxy) is 3. The highest BCUT2D eigenvalue weighted by Crippen LogP contribution is 2.30. The van der Waals surface area contributed by atoms with Crippen molar-refractivity contribution in [3.63, 3.8) is 0 Å². The molecule has 2 aliphatic rings. The first-order valence-corrected chi connectivity index (χ1v) is 9.68. The molecule has 1 aromatic carbocycles. The minimum atomic E-state index is -0.533. The summed E-state index contributed by atoms with van der Waals surface area (Å²) in [6.07, 6.45) is 7.59. The van der Waals surface area contributed by atoms with Gasteiger partial charge in [-0.05, 0) is 49.1 Å². The van der Waals surface area contributed by atoms with Crippen LogP contribution in [-0.2, 0) is 16.1 Å². The Labute approximate surface area is 171 Å². The number of nitrogens with zero attached hydrogens (tertiary/aromatic N) is 2. The number of allylic oxidation sites excluding steroid dienone is 1. The van der Waals surface area contributed by atoms with Crippen LogP contribution in [-0.4, -0.2) is 50.4 Å². The van der Waals surface area contributed by atoms with Gasteiger partial charge in [0.2, 0.25) is 5.88 Å². The van der Waals surface area contributed by atoms with Gasteiger partial charge in [-0.25, -0.2) is 4.99 Å². The molecule has 8 heteroatoms. The summed E-state index contributed by atoms with van der Waals surface area (Å²) in [5.74, 6) is 1.79. The molecular weight excluding hydrogens is 372 g/mol. The molecule has 1 unspecified atom stereocenters. The van der Waals surface area contributed by atoms with Crippen molar-refractivity contribution in [1.29, 1.82) is 0 Å². The Bertz CT molecular complexity index is 819. The van der Waals surface area contributed by atoms with Crippen molar-refractivity contribution < 1.29 is 19.0 Å². The summed E-state index contributed by atoms with van der Waals surface area (Å²) in [6, 6.07) is 5.83. The van der Waals surface area contributed by atoms with Crippen LogP contribution < -0.4 is 20.5 Å². The van der Waals surface area contributed by atoms with Crippen molar-refractivity contribution in [2.45, 2.75) is 19.4 Å². The Balaban J connectivity index is 1.56. The van der Waals surface area contributed by atoms with Crippen molar-refractivity contribution >= 4 is 11.6 Å². The van der Waals surface area contributed by atoms with Gasteiger partial charge in [0.05, 0.1) is 32.7 Å². The highest BCUT2D eigenvalue weighted by Gasteiger charge is 2.19. The van der Waals surface area contributed by atoms with Gasteiger partial charge in [0, 0.05) is 13.6 Å². The SMILES string of the molecule is COc1cc(CNCCC2C=COCC2)ccc1OC1=CN=C(C(N)=O)CN1C. The standard InChI is InChI=1S/C21H28N4O4/c1-25-14-17(21(22)26)24-13-20(25)29-18-4-3-16(11-19(18)27-2)12-23-8-5-15-6-9-28-10-7-15/h3-4,6,9,11,13,15,23H,5,7-8,10,12,14H2,1-2H3,(H2,22,26). The number of nitrogens with two attached hydrogens (primary N) is 1. The van der Waals surface area contributed by atoms with Gasteiger partial charge < -0.3 is 30.2 Å². The highest BCUT2D eigenvalue weighted by molar-refractivity contribution is 6.39. The minimum absolute atomic E-state index is 0.296. The molecule has 1 atom stereocenters. The van der Waals surface area contributed by atoms with E-state index in [0.717, 1.165) is 38.1 Å². The van der Waals surface area contributed by atoms with E-state index in [2.05, 4.69) is 16.4 Å². The molecule has 29 heavy (non-hydrogen) atoms. The topological polar surface area (TPSA) is 98.4 Å². The van der Waals surface area contributed by atoms with Crippen molar-refractivity contribution in [2.24, 2.45) is 16.6 Å². The summed E-state index contributed by atoms with van der Waals surface area (Å²) in [7, 11) is 3.42. The molecule has 0 saturated heterocycles. The van der Waals surface area contributed by atoms with E-state index in [1.165, 1.54) is 6.20 Å². The van der Waals surface area contributed by atoms with Crippen LogP contribution in [0.3, 0.4) is 0 Å². The molecule has 3 rings (SSSR count). The predicted octanol–water partition coefficient (Wildman–Crippen LogP) is 1.77. The Morgan fingerprint density at radius 2 is 2.28 bits per heavy atom. The molecule has 0 aliphatic carbocycles. The summed E-state index contributed by atoms with van der Waals surface area (Å²) in [5.41, 5.74) is 6.68. The van der Waals surface area contributed by atoms with Gasteiger partial charge in [-0.3, -0.25) is 4.79 Å². The second-order valence-electron chi connectivity index (χ2n) is 7.06. The second kappa shape index (κ2) is 9.97. The zero-order chi connectivity index (χ0) is 20.6. The number of rotatable bonds is 9. The molecule has 3 N–H and O–H groups in total. The lowest BCUT2D eigenvalue weighted by Gasteiger charge is -2.25. The summed E-state index contributed by atoms with van der Waals surface area (Å²) in [6.45, 7) is 2.79. The second-order valence-corrected chi connectivity index (χ2v) is 7.06. The normalized spacial score (nSPS) is 18.6. The minimum Gasteiger partial charge on any atom is -0.501 e. The van der Waals surface area contributed by atoms with Crippen molar-refractivity contribution in [3.8, 4) is 11.5 Å². The third-order valence-corrected chi connectivity index (χ3v) is 4.90. The zero-order valence-electron chi connectivity index (χ0n) is 16.9. The number of hydrogen-bond donors (Lipinski definition) is 2. The average Bonchev–Trinajstić information content (AvgIpc) is 2.74. The van der Waals surface area contributed by atoms with Crippen LogP contribution in [0.4, 0.5) is 0 Å². The number of carbonyl (C=O) groups is 1. The molecule has 0 bridgehead atoms. The van der Waals surface area contributed by atoms with Gasteiger partial charge in [0.1, 0.15) is 5.71 Å². The predicted molar refractivity (Wildman–Crippen MR) is 110 cm³/mol. The van der Waals surface area contributed by atoms with Crippen LogP contribution in [0.15, 0.2) is 47.6 Å². The molecule has 0 radical (unpaired) electrons. The molecule has 156 valence electrons. The fourth-order valence-corrected chi connectivity index (χ4v) is 3.15. The van der Waals surface area contributed by atoms with Crippen molar-refractivity contribution in [1.82, 2.24) is 10.2 Å². The number of primary amides is 1. The molecule has 1 aromatic rings. The molecule has 2 aliphatic heterocycles. The van der Waals surface area contributed by atoms with Crippen LogP contribution in [0, 0.1) is 5.92 Å². The van der Waals surface area contributed by atoms with E-state index in [1.807, 2.05) is 25.2 Å². The summed E-state index contributed by atoms with van der Waals surface area (Å²) >= 11 is 0. The number of hydrogen-bond acceptors (Lipinski definition) is 7. The van der Waals surface area contributed by atoms with E-state index in [1.54, 1.807) is 18.3 Å². The lowest BCUT2D eigenvalue weighted by atomic mass is 10.0. The molecule has 0 saturated carbocycles. The zero-order valence-corrected chi connectivity index (χ0v) is 16.9. The number of amides is 1. The molecule has 2 heterocycles. The van der Waals surface area contributed by atoms with E-state index >= 15 is 0 Å². The molecule has 1 amide bonds. The summed E-state index contributed by atoms with van der Waals surface area (Å²) in [4.78, 5) is 17.1. The number of benzene rings is 1. The van der Waals surface area contributed by atoms with E-state index in [9.17, 15) is 4.79 Å². The van der Waals surface area contributed by atoms with Gasteiger partial charge in [-0.15, -0.1) is 0 Å². The first kappa shape index (κ1) is 20.7. The maximum atomic E-state index is 11.3. The van der Waals surface area contributed by atoms with Crippen LogP contribution in [0.25, 0.3) is 0 Å². The van der Waals surface area contributed by atoms with Crippen molar-refractivity contribution in [2.75, 3.05) is 33.9 Å². The third-order valence-electron chi connectivity index (χ3n) is 4.90. The Morgan fingerprint density at radius 3 is 2.97 bits per heavy atom.